The van der Waals surface area contributed by atoms with E-state index < -0.39 is 0 Å². The maximum absolute atomic E-state index is 11.1. The van der Waals surface area contributed by atoms with Crippen molar-refractivity contribution in [2.75, 3.05) is 0 Å². The van der Waals surface area contributed by atoms with Crippen LogP contribution in [0.4, 0.5) is 0 Å². The van der Waals surface area contributed by atoms with Crippen LogP contribution in [0.15, 0.2) is 0 Å². The van der Waals surface area contributed by atoms with Crippen molar-refractivity contribution >= 4 is 11.6 Å². The van der Waals surface area contributed by atoms with E-state index in [2.05, 4.69) is 6.92 Å². The third-order valence-electron chi connectivity index (χ3n) is 4.44. The number of Topliss-reactive ketones (excluding diaryl/α,β-unsaturated/α-hetero) is 2. The minimum Gasteiger partial charge on any atom is -0.299 e. The Morgan fingerprint density at radius 2 is 1.33 bits per heavy atom. The predicted octanol–water partition coefficient (Wildman–Crippen LogP) is 4.02. The molecule has 0 aromatic rings. The molecule has 2 heteroatoms. The van der Waals surface area contributed by atoms with Crippen molar-refractivity contribution in [1.82, 2.24) is 0 Å². The molecule has 0 N–H and O–H groups in total. The fourth-order valence-electron chi connectivity index (χ4n) is 2.84. The molecule has 2 aliphatic carbocycles. The predicted molar refractivity (Wildman–Crippen MR) is 74.4 cm³/mol. The maximum Gasteiger partial charge on any atom is 0.138 e. The van der Waals surface area contributed by atoms with Crippen LogP contribution in [0.3, 0.4) is 0 Å². The Morgan fingerprint density at radius 3 is 1.72 bits per heavy atom. The molecule has 4 atom stereocenters. The van der Waals surface area contributed by atoms with E-state index in [9.17, 15) is 9.59 Å². The highest BCUT2D eigenvalue weighted by Crippen LogP contribution is 2.25. The van der Waals surface area contributed by atoms with Crippen LogP contribution in [0.1, 0.15) is 66.2 Å². The van der Waals surface area contributed by atoms with Gasteiger partial charge < -0.3 is 0 Å². The summed E-state index contributed by atoms with van der Waals surface area (Å²) in [6, 6.07) is 0. The molecule has 4 unspecified atom stereocenters. The largest absolute Gasteiger partial charge is 0.299 e. The molecule has 2 aliphatic rings. The van der Waals surface area contributed by atoms with Crippen LogP contribution in [0.5, 0.6) is 0 Å². The van der Waals surface area contributed by atoms with Gasteiger partial charge in [0.2, 0.25) is 0 Å². The first-order chi connectivity index (χ1) is 8.41. The van der Waals surface area contributed by atoms with Crippen molar-refractivity contribution < 1.29 is 9.59 Å². The monoisotopic (exact) mass is 252 g/mol. The molecule has 0 aliphatic heterocycles. The minimum atomic E-state index is 0.341. The molecular formula is C16H28O2. The Morgan fingerprint density at radius 1 is 0.778 bits per heavy atom. The summed E-state index contributed by atoms with van der Waals surface area (Å²) in [5.41, 5.74) is 0. The Kier molecular flexibility index (Phi) is 6.04. The maximum atomic E-state index is 11.1. The summed E-state index contributed by atoms with van der Waals surface area (Å²) >= 11 is 0. The van der Waals surface area contributed by atoms with Crippen LogP contribution in [0.2, 0.25) is 0 Å². The van der Waals surface area contributed by atoms with Gasteiger partial charge in [0.05, 0.1) is 0 Å². The van der Waals surface area contributed by atoms with Gasteiger partial charge in [0, 0.05) is 24.2 Å². The van der Waals surface area contributed by atoms with E-state index in [-0.39, 0.29) is 0 Å². The van der Waals surface area contributed by atoms with Gasteiger partial charge in [-0.1, -0.05) is 34.1 Å². The molecule has 0 aromatic heterocycles. The van der Waals surface area contributed by atoms with Crippen LogP contribution in [0, 0.1) is 23.7 Å². The van der Waals surface area contributed by atoms with Gasteiger partial charge in [-0.25, -0.2) is 0 Å². The SMILES string of the molecule is CC1CCC(C)C(=O)C1.CC1CCCC(C)C1=O. The summed E-state index contributed by atoms with van der Waals surface area (Å²) in [7, 11) is 0. The van der Waals surface area contributed by atoms with Crippen molar-refractivity contribution in [3.63, 3.8) is 0 Å². The number of carbonyl (C=O) groups excluding carboxylic acids is 2. The highest BCUT2D eigenvalue weighted by molar-refractivity contribution is 5.83. The molecule has 2 saturated carbocycles. The van der Waals surface area contributed by atoms with Crippen LogP contribution in [0.25, 0.3) is 0 Å². The second-order valence-corrected chi connectivity index (χ2v) is 6.39. The van der Waals surface area contributed by atoms with Gasteiger partial charge in [-0.05, 0) is 31.6 Å². The van der Waals surface area contributed by atoms with E-state index >= 15 is 0 Å². The van der Waals surface area contributed by atoms with Gasteiger partial charge >= 0.3 is 0 Å². The van der Waals surface area contributed by atoms with Crippen molar-refractivity contribution in [2.45, 2.75) is 66.2 Å². The van der Waals surface area contributed by atoms with E-state index in [4.69, 9.17) is 0 Å². The van der Waals surface area contributed by atoms with Crippen LogP contribution in [-0.4, -0.2) is 11.6 Å². The fourth-order valence-corrected chi connectivity index (χ4v) is 2.84. The number of rotatable bonds is 0. The first-order valence-corrected chi connectivity index (χ1v) is 7.48. The Balaban J connectivity index is 0.000000180. The molecule has 0 amide bonds. The zero-order valence-corrected chi connectivity index (χ0v) is 12.4. The lowest BCUT2D eigenvalue weighted by Gasteiger charge is -2.21. The smallest absolute Gasteiger partial charge is 0.138 e. The average molecular weight is 252 g/mol. The Labute approximate surface area is 112 Å². The topological polar surface area (TPSA) is 34.1 Å². The van der Waals surface area contributed by atoms with Crippen molar-refractivity contribution in [3.05, 3.63) is 0 Å². The van der Waals surface area contributed by atoms with Gasteiger partial charge in [-0.2, -0.15) is 0 Å². The van der Waals surface area contributed by atoms with Gasteiger partial charge in [0.15, 0.2) is 0 Å². The number of carbonyl (C=O) groups is 2. The number of hydrogen-bond donors (Lipinski definition) is 0. The average Bonchev–Trinajstić information content (AvgIpc) is 2.32. The molecule has 0 aromatic carbocycles. The van der Waals surface area contributed by atoms with Gasteiger partial charge in [-0.15, -0.1) is 0 Å². The molecule has 2 rings (SSSR count). The lowest BCUT2D eigenvalue weighted by molar-refractivity contribution is -0.128. The van der Waals surface area contributed by atoms with Crippen LogP contribution >= 0.6 is 0 Å². The Hall–Kier alpha value is -0.660. The Bertz CT molecular complexity index is 283. The van der Waals surface area contributed by atoms with E-state index in [0.717, 1.165) is 25.7 Å². The second kappa shape index (κ2) is 7.06. The zero-order chi connectivity index (χ0) is 13.7. The third-order valence-corrected chi connectivity index (χ3v) is 4.44. The second-order valence-electron chi connectivity index (χ2n) is 6.39. The van der Waals surface area contributed by atoms with E-state index in [1.807, 2.05) is 20.8 Å². The molecule has 0 heterocycles. The van der Waals surface area contributed by atoms with Gasteiger partial charge in [0.1, 0.15) is 11.6 Å². The summed E-state index contributed by atoms with van der Waals surface area (Å²) < 4.78 is 0. The van der Waals surface area contributed by atoms with Crippen LogP contribution < -0.4 is 0 Å². The van der Waals surface area contributed by atoms with E-state index in [0.29, 0.717) is 35.2 Å². The first kappa shape index (κ1) is 15.4. The van der Waals surface area contributed by atoms with Gasteiger partial charge in [0.25, 0.3) is 0 Å². The molecule has 2 fully saturated rings. The zero-order valence-electron chi connectivity index (χ0n) is 12.4. The lowest BCUT2D eigenvalue weighted by Crippen LogP contribution is -2.23. The quantitative estimate of drug-likeness (QED) is 0.652. The minimum absolute atomic E-state index is 0.341. The summed E-state index contributed by atoms with van der Waals surface area (Å²) in [5.74, 6) is 2.62. The number of hydrogen-bond acceptors (Lipinski definition) is 2. The summed E-state index contributed by atoms with van der Waals surface area (Å²) in [6.07, 6.45) is 6.65. The third kappa shape index (κ3) is 4.55. The molecule has 0 bridgehead atoms. The van der Waals surface area contributed by atoms with Crippen molar-refractivity contribution in [2.24, 2.45) is 23.7 Å². The molecule has 2 nitrogen and oxygen atoms in total. The standard InChI is InChI=1S/2C8H14O/c1-6-3-4-7(2)8(9)5-6;1-6-4-3-5-7(2)8(6)9/h2*6-7H,3-5H2,1-2H3. The first-order valence-electron chi connectivity index (χ1n) is 7.48. The molecular weight excluding hydrogens is 224 g/mol. The molecule has 0 saturated heterocycles. The molecule has 0 spiro atoms. The highest BCUT2D eigenvalue weighted by Gasteiger charge is 2.24. The highest BCUT2D eigenvalue weighted by atomic mass is 16.1. The van der Waals surface area contributed by atoms with Crippen LogP contribution in [-0.2, 0) is 9.59 Å². The van der Waals surface area contributed by atoms with Crippen molar-refractivity contribution in [3.8, 4) is 0 Å². The summed E-state index contributed by atoms with van der Waals surface area (Å²) in [4.78, 5) is 22.1. The molecule has 0 radical (unpaired) electrons. The summed E-state index contributed by atoms with van der Waals surface area (Å²) in [6.45, 7) is 8.27. The summed E-state index contributed by atoms with van der Waals surface area (Å²) in [5, 5.41) is 0. The van der Waals surface area contributed by atoms with E-state index in [1.165, 1.54) is 12.8 Å². The van der Waals surface area contributed by atoms with Gasteiger partial charge in [-0.3, -0.25) is 9.59 Å². The number of ketones is 2. The van der Waals surface area contributed by atoms with E-state index in [1.54, 1.807) is 0 Å². The lowest BCUT2D eigenvalue weighted by atomic mass is 9.82. The molecule has 18 heavy (non-hydrogen) atoms. The normalized spacial score (nSPS) is 36.9. The fraction of sp³-hybridized carbons (Fsp3) is 0.875. The molecule has 104 valence electrons. The van der Waals surface area contributed by atoms with Crippen molar-refractivity contribution in [1.29, 1.82) is 0 Å².